The fraction of sp³-hybridized carbons (Fsp3) is 0.500. The molecule has 1 fully saturated rings. The Morgan fingerprint density at radius 3 is 2.32 bits per heavy atom. The molecule has 268 valence electrons. The molecule has 0 aliphatic carbocycles. The summed E-state index contributed by atoms with van der Waals surface area (Å²) in [5.41, 5.74) is 5.22. The minimum atomic E-state index is -0.105. The number of thiophene rings is 1. The van der Waals surface area contributed by atoms with Gasteiger partial charge in [0, 0.05) is 64.5 Å². The lowest BCUT2D eigenvalue weighted by atomic mass is 10.1. The molecular formula is C38H50N6O5S. The number of aromatic nitrogens is 4. The fourth-order valence-electron chi connectivity index (χ4n) is 6.45. The van der Waals surface area contributed by atoms with E-state index in [1.54, 1.807) is 11.3 Å². The molecule has 1 N–H and O–H groups in total. The Kier molecular flexibility index (Phi) is 13.8. The first-order chi connectivity index (χ1) is 24.7. The van der Waals surface area contributed by atoms with Crippen molar-refractivity contribution in [3.63, 3.8) is 0 Å². The molecule has 0 unspecified atom stereocenters. The van der Waals surface area contributed by atoms with E-state index in [1.165, 1.54) is 48.3 Å². The number of fused-ring (bicyclic) bond motifs is 3. The van der Waals surface area contributed by atoms with Crippen LogP contribution in [0.25, 0.3) is 32.2 Å². The van der Waals surface area contributed by atoms with E-state index in [0.29, 0.717) is 71.5 Å². The maximum Gasteiger partial charge on any atom is 0.251 e. The highest BCUT2D eigenvalue weighted by atomic mass is 32.1. The van der Waals surface area contributed by atoms with Crippen molar-refractivity contribution in [3.05, 3.63) is 71.4 Å². The molecule has 1 aliphatic heterocycles. The Bertz CT molecular complexity index is 1760. The number of carbonyl (C=O) groups excluding carboxylic acids is 1. The van der Waals surface area contributed by atoms with Gasteiger partial charge in [-0.25, -0.2) is 4.68 Å². The quantitative estimate of drug-likeness (QED) is 0.0978. The fourth-order valence-corrected chi connectivity index (χ4v) is 7.18. The summed E-state index contributed by atoms with van der Waals surface area (Å²) in [6.07, 6.45) is 6.95. The molecule has 50 heavy (non-hydrogen) atoms. The standard InChI is InChI=1S/C38H50N6O5S/c1-2-44-35-11-9-31(27-34(35)33-10-8-30(28-36(33)44)37-7-6-26-50-37)38(45)39-13-18-46-20-22-48-24-25-49-23-21-47-19-17-43-29-32(40-41-43)12-16-42-14-4-3-5-15-42/h6-11,26-29H,2-5,12-25H2,1H3,(H,39,45). The van der Waals surface area contributed by atoms with E-state index in [9.17, 15) is 4.79 Å². The molecule has 6 rings (SSSR count). The van der Waals surface area contributed by atoms with Crippen LogP contribution in [0.4, 0.5) is 0 Å². The third-order valence-corrected chi connectivity index (χ3v) is 10.0. The van der Waals surface area contributed by atoms with Crippen LogP contribution in [0.3, 0.4) is 0 Å². The summed E-state index contributed by atoms with van der Waals surface area (Å²) in [7, 11) is 0. The Morgan fingerprint density at radius 1 is 0.820 bits per heavy atom. The molecule has 1 amide bonds. The zero-order chi connectivity index (χ0) is 34.4. The third-order valence-electron chi connectivity index (χ3n) is 9.08. The number of benzene rings is 2. The van der Waals surface area contributed by atoms with Crippen molar-refractivity contribution in [1.82, 2.24) is 29.8 Å². The maximum absolute atomic E-state index is 12.9. The Morgan fingerprint density at radius 2 is 1.58 bits per heavy atom. The van der Waals surface area contributed by atoms with E-state index in [0.717, 1.165) is 41.5 Å². The van der Waals surface area contributed by atoms with Gasteiger partial charge in [-0.2, -0.15) is 0 Å². The zero-order valence-corrected chi connectivity index (χ0v) is 30.0. The average Bonchev–Trinajstić information content (AvgIpc) is 3.92. The highest BCUT2D eigenvalue weighted by Crippen LogP contribution is 2.34. The SMILES string of the molecule is CCn1c2ccc(C(=O)NCCOCCOCCOCCOCCn3cc(CCN4CCCCC4)nn3)cc2c2ccc(-c3cccs3)cc21. The number of amides is 1. The first kappa shape index (κ1) is 36.2. The second-order valence-electron chi connectivity index (χ2n) is 12.5. The van der Waals surface area contributed by atoms with Crippen molar-refractivity contribution in [2.45, 2.75) is 45.7 Å². The number of nitrogens with zero attached hydrogens (tertiary/aromatic N) is 5. The molecule has 12 heteroatoms. The van der Waals surface area contributed by atoms with Crippen molar-refractivity contribution in [2.24, 2.45) is 0 Å². The summed E-state index contributed by atoms with van der Waals surface area (Å²) in [6, 6.07) is 16.8. The van der Waals surface area contributed by atoms with Gasteiger partial charge in [0.25, 0.3) is 5.91 Å². The predicted octanol–water partition coefficient (Wildman–Crippen LogP) is 5.66. The van der Waals surface area contributed by atoms with Crippen molar-refractivity contribution in [1.29, 1.82) is 0 Å². The van der Waals surface area contributed by atoms with E-state index >= 15 is 0 Å². The van der Waals surface area contributed by atoms with Crippen LogP contribution in [0, 0.1) is 0 Å². The van der Waals surface area contributed by atoms with Crippen molar-refractivity contribution < 1.29 is 23.7 Å². The van der Waals surface area contributed by atoms with Crippen molar-refractivity contribution in [3.8, 4) is 10.4 Å². The van der Waals surface area contributed by atoms with E-state index < -0.39 is 0 Å². The van der Waals surface area contributed by atoms with Gasteiger partial charge >= 0.3 is 0 Å². The van der Waals surface area contributed by atoms with Gasteiger partial charge in [0.15, 0.2) is 0 Å². The number of aryl methyl sites for hydroxylation is 1. The maximum atomic E-state index is 12.9. The zero-order valence-electron chi connectivity index (χ0n) is 29.2. The second-order valence-corrected chi connectivity index (χ2v) is 13.5. The highest BCUT2D eigenvalue weighted by molar-refractivity contribution is 7.13. The van der Waals surface area contributed by atoms with Crippen LogP contribution in [0.2, 0.25) is 0 Å². The topological polar surface area (TPSA) is 105 Å². The van der Waals surface area contributed by atoms with Crippen LogP contribution in [0.1, 0.15) is 42.2 Å². The molecule has 3 aromatic heterocycles. The average molecular weight is 703 g/mol. The molecule has 1 aliphatic rings. The van der Waals surface area contributed by atoms with Gasteiger partial charge in [-0.05, 0) is 74.1 Å². The van der Waals surface area contributed by atoms with Gasteiger partial charge in [0.05, 0.1) is 65.1 Å². The number of hydrogen-bond acceptors (Lipinski definition) is 9. The lowest BCUT2D eigenvalue weighted by Crippen LogP contribution is -2.31. The monoisotopic (exact) mass is 702 g/mol. The number of carbonyl (C=O) groups is 1. The highest BCUT2D eigenvalue weighted by Gasteiger charge is 2.15. The van der Waals surface area contributed by atoms with Gasteiger partial charge in [-0.3, -0.25) is 4.79 Å². The lowest BCUT2D eigenvalue weighted by molar-refractivity contribution is -0.00239. The van der Waals surface area contributed by atoms with Crippen molar-refractivity contribution >= 4 is 39.0 Å². The molecule has 5 aromatic rings. The molecule has 0 radical (unpaired) electrons. The summed E-state index contributed by atoms with van der Waals surface area (Å²) in [5, 5.41) is 15.8. The second kappa shape index (κ2) is 19.1. The van der Waals surface area contributed by atoms with Crippen LogP contribution in [-0.4, -0.2) is 109 Å². The van der Waals surface area contributed by atoms with Crippen LogP contribution in [0.5, 0.6) is 0 Å². The summed E-state index contributed by atoms with van der Waals surface area (Å²) in [4.78, 5) is 16.7. The molecule has 4 heterocycles. The number of likely N-dealkylation sites (tertiary alicyclic amines) is 1. The van der Waals surface area contributed by atoms with E-state index in [1.807, 2.05) is 23.0 Å². The molecule has 0 bridgehead atoms. The molecule has 0 atom stereocenters. The number of nitrogens with one attached hydrogen (secondary N) is 1. The normalized spacial score (nSPS) is 13.9. The van der Waals surface area contributed by atoms with Gasteiger partial charge in [-0.15, -0.1) is 16.4 Å². The molecular weight excluding hydrogens is 653 g/mol. The number of hydrogen-bond donors (Lipinski definition) is 1. The minimum Gasteiger partial charge on any atom is -0.377 e. The summed E-state index contributed by atoms with van der Waals surface area (Å²) in [6.45, 7) is 11.5. The molecule has 2 aromatic carbocycles. The van der Waals surface area contributed by atoms with Crippen LogP contribution in [0.15, 0.2) is 60.1 Å². The van der Waals surface area contributed by atoms with Gasteiger partial charge in [0.2, 0.25) is 0 Å². The van der Waals surface area contributed by atoms with Gasteiger partial charge in [-0.1, -0.05) is 29.8 Å². The number of rotatable bonds is 21. The van der Waals surface area contributed by atoms with E-state index in [2.05, 4.69) is 73.8 Å². The third kappa shape index (κ3) is 9.99. The largest absolute Gasteiger partial charge is 0.377 e. The summed E-state index contributed by atoms with van der Waals surface area (Å²) < 4.78 is 26.7. The summed E-state index contributed by atoms with van der Waals surface area (Å²) in [5.74, 6) is -0.105. The van der Waals surface area contributed by atoms with Crippen molar-refractivity contribution in [2.75, 3.05) is 79.0 Å². The number of ether oxygens (including phenoxy) is 4. The first-order valence-electron chi connectivity index (χ1n) is 18.0. The van der Waals surface area contributed by atoms with Crippen LogP contribution >= 0.6 is 11.3 Å². The van der Waals surface area contributed by atoms with Crippen LogP contribution in [-0.2, 0) is 38.5 Å². The molecule has 1 saturated heterocycles. The van der Waals surface area contributed by atoms with Crippen LogP contribution < -0.4 is 5.32 Å². The smallest absolute Gasteiger partial charge is 0.251 e. The lowest BCUT2D eigenvalue weighted by Gasteiger charge is -2.25. The van der Waals surface area contributed by atoms with E-state index in [-0.39, 0.29) is 5.91 Å². The molecule has 0 spiro atoms. The van der Waals surface area contributed by atoms with Gasteiger partial charge < -0.3 is 33.7 Å². The number of piperidine rings is 1. The van der Waals surface area contributed by atoms with E-state index in [4.69, 9.17) is 18.9 Å². The first-order valence-corrected chi connectivity index (χ1v) is 18.9. The Hall–Kier alpha value is -3.65. The minimum absolute atomic E-state index is 0.105. The Labute approximate surface area is 298 Å². The summed E-state index contributed by atoms with van der Waals surface area (Å²) >= 11 is 1.74. The van der Waals surface area contributed by atoms with Gasteiger partial charge in [0.1, 0.15) is 0 Å². The molecule has 0 saturated carbocycles. The molecule has 11 nitrogen and oxygen atoms in total. The Balaban J connectivity index is 0.782. The predicted molar refractivity (Wildman–Crippen MR) is 198 cm³/mol.